The number of aliphatic hydroxyl groups is 1. The van der Waals surface area contributed by atoms with E-state index in [2.05, 4.69) is 53.3 Å². The van der Waals surface area contributed by atoms with Gasteiger partial charge in [-0.05, 0) is 42.8 Å². The average molecular weight is 325 g/mol. The van der Waals surface area contributed by atoms with Crippen LogP contribution in [0.4, 0.5) is 0 Å². The van der Waals surface area contributed by atoms with Gasteiger partial charge in [-0.1, -0.05) is 40.2 Å². The van der Waals surface area contributed by atoms with Crippen molar-refractivity contribution < 1.29 is 9.53 Å². The van der Waals surface area contributed by atoms with Crippen LogP contribution in [-0.2, 0) is 4.43 Å². The van der Waals surface area contributed by atoms with Crippen LogP contribution in [0.15, 0.2) is 12.7 Å². The lowest BCUT2D eigenvalue weighted by atomic mass is 9.83. The Morgan fingerprint density at radius 2 is 1.91 bits per heavy atom. The maximum Gasteiger partial charge on any atom is 0.192 e. The maximum atomic E-state index is 9.03. The van der Waals surface area contributed by atoms with E-state index in [0.29, 0.717) is 11.8 Å². The third kappa shape index (κ3) is 6.69. The molecule has 1 N–H and O–H groups in total. The van der Waals surface area contributed by atoms with Crippen molar-refractivity contribution in [3.63, 3.8) is 0 Å². The van der Waals surface area contributed by atoms with Crippen LogP contribution in [0.25, 0.3) is 0 Å². The summed E-state index contributed by atoms with van der Waals surface area (Å²) < 4.78 is 6.60. The van der Waals surface area contributed by atoms with E-state index in [9.17, 15) is 0 Å². The second-order valence-electron chi connectivity index (χ2n) is 7.85. The number of rotatable bonds is 10. The smallest absolute Gasteiger partial charge is 0.192 e. The van der Waals surface area contributed by atoms with E-state index in [1.807, 2.05) is 6.08 Å². The number of hydrogen-bond donors (Lipinski definition) is 1. The van der Waals surface area contributed by atoms with Gasteiger partial charge in [0, 0.05) is 13.0 Å². The SMILES string of the molecule is C#CC[C@@H](C)[C@H](CCCCO)[C@@H](C=C)O[Si](C)(C)C(C)(C)C. The number of terminal acetylenes is 1. The first-order valence-corrected chi connectivity index (χ1v) is 11.4. The summed E-state index contributed by atoms with van der Waals surface area (Å²) in [5.41, 5.74) is 0. The lowest BCUT2D eigenvalue weighted by molar-refractivity contribution is 0.115. The van der Waals surface area contributed by atoms with Crippen molar-refractivity contribution in [1.82, 2.24) is 0 Å². The van der Waals surface area contributed by atoms with Crippen LogP contribution in [0.3, 0.4) is 0 Å². The van der Waals surface area contributed by atoms with Gasteiger partial charge in [-0.25, -0.2) is 0 Å². The van der Waals surface area contributed by atoms with Gasteiger partial charge in [0.05, 0.1) is 6.10 Å². The molecular weight excluding hydrogens is 288 g/mol. The van der Waals surface area contributed by atoms with E-state index < -0.39 is 8.32 Å². The van der Waals surface area contributed by atoms with Gasteiger partial charge >= 0.3 is 0 Å². The molecule has 22 heavy (non-hydrogen) atoms. The predicted octanol–water partition coefficient (Wildman–Crippen LogP) is 5.00. The molecule has 0 unspecified atom stereocenters. The van der Waals surface area contributed by atoms with Gasteiger partial charge in [-0.3, -0.25) is 0 Å². The Morgan fingerprint density at radius 3 is 2.32 bits per heavy atom. The van der Waals surface area contributed by atoms with Crippen molar-refractivity contribution in [3.05, 3.63) is 12.7 Å². The molecule has 0 aromatic rings. The molecule has 0 radical (unpaired) electrons. The molecular formula is C19H36O2Si. The normalized spacial score (nSPS) is 16.6. The van der Waals surface area contributed by atoms with Crippen molar-refractivity contribution in [1.29, 1.82) is 0 Å². The van der Waals surface area contributed by atoms with Crippen LogP contribution >= 0.6 is 0 Å². The molecule has 0 aliphatic carbocycles. The van der Waals surface area contributed by atoms with E-state index in [1.54, 1.807) is 0 Å². The summed E-state index contributed by atoms with van der Waals surface area (Å²) in [6.45, 7) is 17.8. The third-order valence-electron chi connectivity index (χ3n) is 5.01. The molecule has 0 aliphatic heterocycles. The van der Waals surface area contributed by atoms with Gasteiger partial charge in [0.2, 0.25) is 0 Å². The quantitative estimate of drug-likeness (QED) is 0.265. The monoisotopic (exact) mass is 324 g/mol. The summed E-state index contributed by atoms with van der Waals surface area (Å²) >= 11 is 0. The number of unbranched alkanes of at least 4 members (excludes halogenated alkanes) is 1. The third-order valence-corrected chi connectivity index (χ3v) is 9.48. The first-order valence-electron chi connectivity index (χ1n) is 8.45. The summed E-state index contributed by atoms with van der Waals surface area (Å²) in [5, 5.41) is 9.21. The standard InChI is InChI=1S/C19H36O2Si/c1-9-13-16(3)17(14-11-12-15-20)18(10-2)21-22(7,8)19(4,5)6/h1,10,16-18,20H,2,11-15H2,3-8H3/t16-,17+,18-/m1/s1. The van der Waals surface area contributed by atoms with Crippen LogP contribution in [-0.4, -0.2) is 26.1 Å². The topological polar surface area (TPSA) is 29.5 Å². The van der Waals surface area contributed by atoms with Gasteiger partial charge in [0.1, 0.15) is 0 Å². The van der Waals surface area contributed by atoms with Crippen molar-refractivity contribution in [2.45, 2.75) is 77.6 Å². The van der Waals surface area contributed by atoms with Crippen molar-refractivity contribution in [2.24, 2.45) is 11.8 Å². The van der Waals surface area contributed by atoms with E-state index in [4.69, 9.17) is 16.0 Å². The highest BCUT2D eigenvalue weighted by Gasteiger charge is 2.40. The largest absolute Gasteiger partial charge is 0.410 e. The van der Waals surface area contributed by atoms with Crippen molar-refractivity contribution in [2.75, 3.05) is 6.61 Å². The molecule has 0 aromatic carbocycles. The van der Waals surface area contributed by atoms with E-state index >= 15 is 0 Å². The maximum absolute atomic E-state index is 9.03. The van der Waals surface area contributed by atoms with Crippen LogP contribution in [0.2, 0.25) is 18.1 Å². The highest BCUT2D eigenvalue weighted by molar-refractivity contribution is 6.74. The lowest BCUT2D eigenvalue weighted by Crippen LogP contribution is -2.46. The highest BCUT2D eigenvalue weighted by Crippen LogP contribution is 2.39. The molecule has 0 aliphatic rings. The van der Waals surface area contributed by atoms with E-state index in [-0.39, 0.29) is 17.7 Å². The van der Waals surface area contributed by atoms with Crippen LogP contribution in [0.1, 0.15) is 53.4 Å². The molecule has 3 atom stereocenters. The molecule has 0 rings (SSSR count). The summed E-state index contributed by atoms with van der Waals surface area (Å²) in [6, 6.07) is 0. The Balaban J connectivity index is 5.12. The number of aliphatic hydroxyl groups excluding tert-OH is 1. The minimum atomic E-state index is -1.84. The Bertz CT molecular complexity index is 363. The second kappa shape index (κ2) is 9.55. The predicted molar refractivity (Wildman–Crippen MR) is 99.3 cm³/mol. The van der Waals surface area contributed by atoms with Gasteiger partial charge < -0.3 is 9.53 Å². The first-order chi connectivity index (χ1) is 10.1. The van der Waals surface area contributed by atoms with Gasteiger partial charge in [-0.2, -0.15) is 0 Å². The summed E-state index contributed by atoms with van der Waals surface area (Å²) in [4.78, 5) is 0. The zero-order valence-corrected chi connectivity index (χ0v) is 16.5. The molecule has 0 spiro atoms. The molecule has 3 heteroatoms. The molecule has 128 valence electrons. The lowest BCUT2D eigenvalue weighted by Gasteiger charge is -2.41. The Hall–Kier alpha value is -0.563. The molecule has 0 aromatic heterocycles. The molecule has 0 bridgehead atoms. The van der Waals surface area contributed by atoms with E-state index in [0.717, 1.165) is 25.7 Å². The Morgan fingerprint density at radius 1 is 1.32 bits per heavy atom. The van der Waals surface area contributed by atoms with Gasteiger partial charge in [0.25, 0.3) is 0 Å². The van der Waals surface area contributed by atoms with Crippen molar-refractivity contribution >= 4 is 8.32 Å². The summed E-state index contributed by atoms with van der Waals surface area (Å²) in [6.07, 6.45) is 11.1. The fourth-order valence-electron chi connectivity index (χ4n) is 2.43. The van der Waals surface area contributed by atoms with Crippen molar-refractivity contribution in [3.8, 4) is 12.3 Å². The molecule has 0 saturated heterocycles. The number of hydrogen-bond acceptors (Lipinski definition) is 2. The fraction of sp³-hybridized carbons (Fsp3) is 0.789. The first kappa shape index (κ1) is 21.4. The van der Waals surface area contributed by atoms with Crippen LogP contribution < -0.4 is 0 Å². The van der Waals surface area contributed by atoms with Gasteiger partial charge in [0.15, 0.2) is 8.32 Å². The summed E-state index contributed by atoms with van der Waals surface area (Å²) in [7, 11) is -1.84. The average Bonchev–Trinajstić information content (AvgIpc) is 2.40. The Kier molecular flexibility index (Phi) is 9.30. The molecule has 2 nitrogen and oxygen atoms in total. The zero-order valence-electron chi connectivity index (χ0n) is 15.5. The van der Waals surface area contributed by atoms with E-state index in [1.165, 1.54) is 0 Å². The van der Waals surface area contributed by atoms with Gasteiger partial charge in [-0.15, -0.1) is 18.9 Å². The minimum Gasteiger partial charge on any atom is -0.410 e. The summed E-state index contributed by atoms with van der Waals surface area (Å²) in [5.74, 6) is 3.55. The molecule has 0 fully saturated rings. The van der Waals surface area contributed by atoms with Crippen LogP contribution in [0.5, 0.6) is 0 Å². The van der Waals surface area contributed by atoms with Crippen LogP contribution in [0, 0.1) is 24.2 Å². The Labute approximate surface area is 139 Å². The fourth-order valence-corrected chi connectivity index (χ4v) is 3.73. The second-order valence-corrected chi connectivity index (χ2v) is 12.6. The molecule has 0 amide bonds. The zero-order chi connectivity index (χ0) is 17.4. The highest BCUT2D eigenvalue weighted by atomic mass is 28.4. The minimum absolute atomic E-state index is 0.0444. The molecule has 0 saturated carbocycles. The molecule has 0 heterocycles.